The van der Waals surface area contributed by atoms with Crippen molar-refractivity contribution < 1.29 is 9.53 Å². The van der Waals surface area contributed by atoms with E-state index in [1.54, 1.807) is 0 Å². The number of carbonyl (C=O) groups is 1. The van der Waals surface area contributed by atoms with Crippen LogP contribution in [0.2, 0.25) is 0 Å². The Morgan fingerprint density at radius 1 is 1.73 bits per heavy atom. The van der Waals surface area contributed by atoms with Crippen LogP contribution in [0.3, 0.4) is 0 Å². The minimum atomic E-state index is -0.290. The van der Waals surface area contributed by atoms with Gasteiger partial charge in [-0.3, -0.25) is 0 Å². The van der Waals surface area contributed by atoms with Crippen molar-refractivity contribution in [3.8, 4) is 0 Å². The third kappa shape index (κ3) is 1.70. The van der Waals surface area contributed by atoms with E-state index < -0.39 is 0 Å². The molecule has 1 atom stereocenters. The second-order valence-corrected chi connectivity index (χ2v) is 2.63. The van der Waals surface area contributed by atoms with E-state index in [4.69, 9.17) is 0 Å². The van der Waals surface area contributed by atoms with Gasteiger partial charge in [0.2, 0.25) is 0 Å². The summed E-state index contributed by atoms with van der Waals surface area (Å²) in [5.74, 6) is -0.0796. The van der Waals surface area contributed by atoms with Crippen molar-refractivity contribution in [3.63, 3.8) is 0 Å². The van der Waals surface area contributed by atoms with Gasteiger partial charge in [0, 0.05) is 11.5 Å². The van der Waals surface area contributed by atoms with Crippen LogP contribution < -0.4 is 0 Å². The van der Waals surface area contributed by atoms with Gasteiger partial charge in [0.25, 0.3) is 0 Å². The molecule has 0 aromatic heterocycles. The lowest BCUT2D eigenvalue weighted by Gasteiger charge is -2.07. The maximum absolute atomic E-state index is 10.9. The topological polar surface area (TPSA) is 26.3 Å². The summed E-state index contributed by atoms with van der Waals surface area (Å²) >= 11 is 0. The molecule has 2 nitrogen and oxygen atoms in total. The van der Waals surface area contributed by atoms with Gasteiger partial charge in [0.05, 0.1) is 7.11 Å². The number of rotatable bonds is 2. The molecule has 0 aromatic rings. The van der Waals surface area contributed by atoms with E-state index >= 15 is 0 Å². The molecule has 0 N–H and O–H groups in total. The Morgan fingerprint density at radius 2 is 2.45 bits per heavy atom. The number of methoxy groups -OCH3 is 1. The Hall–Kier alpha value is -1.05. The van der Waals surface area contributed by atoms with Crippen molar-refractivity contribution >= 4 is 5.97 Å². The molecule has 2 heteroatoms. The fraction of sp³-hybridized carbons (Fsp3) is 0.444. The predicted octanol–water partition coefficient (Wildman–Crippen LogP) is 1.68. The molecule has 0 radical (unpaired) electrons. The van der Waals surface area contributed by atoms with E-state index in [9.17, 15) is 4.79 Å². The van der Waals surface area contributed by atoms with Crippen molar-refractivity contribution in [1.82, 2.24) is 0 Å². The fourth-order valence-electron chi connectivity index (χ4n) is 1.21. The Balaban J connectivity index is 2.53. The summed E-state index contributed by atoms with van der Waals surface area (Å²) < 4.78 is 4.55. The van der Waals surface area contributed by atoms with Crippen LogP contribution in [0.1, 0.15) is 12.8 Å². The normalized spacial score (nSPS) is 21.7. The molecule has 0 aromatic carbocycles. The van der Waals surface area contributed by atoms with Crippen LogP contribution in [0.15, 0.2) is 24.3 Å². The number of esters is 1. The van der Waals surface area contributed by atoms with Crippen molar-refractivity contribution in [3.05, 3.63) is 24.3 Å². The van der Waals surface area contributed by atoms with Crippen molar-refractivity contribution in [2.75, 3.05) is 7.11 Å². The highest BCUT2D eigenvalue weighted by Crippen LogP contribution is 2.24. The average molecular weight is 152 g/mol. The van der Waals surface area contributed by atoms with E-state index in [0.717, 1.165) is 12.8 Å². The minimum absolute atomic E-state index is 0.211. The zero-order valence-corrected chi connectivity index (χ0v) is 6.67. The molecule has 0 heterocycles. The van der Waals surface area contributed by atoms with Crippen LogP contribution in [0.5, 0.6) is 0 Å². The van der Waals surface area contributed by atoms with Gasteiger partial charge in [0.1, 0.15) is 0 Å². The highest BCUT2D eigenvalue weighted by molar-refractivity contribution is 5.88. The molecule has 1 unspecified atom stereocenters. The molecule has 0 aliphatic heterocycles. The average Bonchev–Trinajstić information content (AvgIpc) is 2.53. The first kappa shape index (κ1) is 8.05. The maximum atomic E-state index is 10.9. The molecule has 0 saturated carbocycles. The zero-order chi connectivity index (χ0) is 8.27. The molecule has 0 saturated heterocycles. The summed E-state index contributed by atoms with van der Waals surface area (Å²) in [7, 11) is 1.38. The Morgan fingerprint density at radius 3 is 2.91 bits per heavy atom. The largest absolute Gasteiger partial charge is 0.466 e. The number of allylic oxidation sites excluding steroid dienone is 2. The second-order valence-electron chi connectivity index (χ2n) is 2.63. The monoisotopic (exact) mass is 152 g/mol. The Kier molecular flexibility index (Phi) is 2.47. The highest BCUT2D eigenvalue weighted by atomic mass is 16.5. The lowest BCUT2D eigenvalue weighted by Crippen LogP contribution is -2.10. The lowest BCUT2D eigenvalue weighted by atomic mass is 10.0. The number of ether oxygens (including phenoxy) is 1. The first-order valence-corrected chi connectivity index (χ1v) is 3.69. The molecule has 0 spiro atoms. The Bertz CT molecular complexity index is 204. The van der Waals surface area contributed by atoms with Gasteiger partial charge in [0.15, 0.2) is 0 Å². The highest BCUT2D eigenvalue weighted by Gasteiger charge is 2.18. The molecular formula is C9H12O2. The minimum Gasteiger partial charge on any atom is -0.466 e. The molecule has 1 aliphatic carbocycles. The molecule has 0 bridgehead atoms. The van der Waals surface area contributed by atoms with E-state index in [1.807, 2.05) is 6.08 Å². The molecule has 1 rings (SSSR count). The maximum Gasteiger partial charge on any atom is 0.333 e. The number of hydrogen-bond donors (Lipinski definition) is 0. The summed E-state index contributed by atoms with van der Waals surface area (Å²) in [4.78, 5) is 10.9. The van der Waals surface area contributed by atoms with Gasteiger partial charge in [-0.25, -0.2) is 4.79 Å². The standard InChI is InChI=1S/C9H12O2/c1-7(9(10)11-2)8-5-3-4-6-8/h3,5,8H,1,4,6H2,2H3. The van der Waals surface area contributed by atoms with E-state index in [0.29, 0.717) is 5.57 Å². The van der Waals surface area contributed by atoms with Gasteiger partial charge in [-0.2, -0.15) is 0 Å². The lowest BCUT2D eigenvalue weighted by molar-refractivity contribution is -0.136. The predicted molar refractivity (Wildman–Crippen MR) is 43.0 cm³/mol. The number of hydrogen-bond acceptors (Lipinski definition) is 2. The first-order valence-electron chi connectivity index (χ1n) is 3.69. The summed E-state index contributed by atoms with van der Waals surface area (Å²) in [6, 6.07) is 0. The summed E-state index contributed by atoms with van der Waals surface area (Å²) in [6.07, 6.45) is 6.12. The van der Waals surface area contributed by atoms with E-state index in [2.05, 4.69) is 17.4 Å². The van der Waals surface area contributed by atoms with Crippen LogP contribution in [-0.4, -0.2) is 13.1 Å². The molecule has 0 fully saturated rings. The van der Waals surface area contributed by atoms with Gasteiger partial charge >= 0.3 is 5.97 Å². The van der Waals surface area contributed by atoms with Crippen molar-refractivity contribution in [2.45, 2.75) is 12.8 Å². The van der Waals surface area contributed by atoms with Gasteiger partial charge in [-0.15, -0.1) is 0 Å². The molecular weight excluding hydrogens is 140 g/mol. The van der Waals surface area contributed by atoms with E-state index in [-0.39, 0.29) is 11.9 Å². The smallest absolute Gasteiger partial charge is 0.333 e. The van der Waals surface area contributed by atoms with Crippen LogP contribution in [-0.2, 0) is 9.53 Å². The van der Waals surface area contributed by atoms with Crippen LogP contribution in [0, 0.1) is 5.92 Å². The van der Waals surface area contributed by atoms with Crippen LogP contribution >= 0.6 is 0 Å². The van der Waals surface area contributed by atoms with Gasteiger partial charge in [-0.05, 0) is 12.8 Å². The first-order chi connectivity index (χ1) is 5.25. The van der Waals surface area contributed by atoms with Crippen LogP contribution in [0.25, 0.3) is 0 Å². The zero-order valence-electron chi connectivity index (χ0n) is 6.67. The SMILES string of the molecule is C=C(C(=O)OC)C1C=CCC1. The third-order valence-corrected chi connectivity index (χ3v) is 1.91. The van der Waals surface area contributed by atoms with Crippen LogP contribution in [0.4, 0.5) is 0 Å². The Labute approximate surface area is 66.5 Å². The summed E-state index contributed by atoms with van der Waals surface area (Å²) in [6.45, 7) is 3.68. The van der Waals surface area contributed by atoms with Gasteiger partial charge < -0.3 is 4.74 Å². The molecule has 1 aliphatic rings. The van der Waals surface area contributed by atoms with Crippen molar-refractivity contribution in [2.24, 2.45) is 5.92 Å². The van der Waals surface area contributed by atoms with Gasteiger partial charge in [-0.1, -0.05) is 18.7 Å². The quantitative estimate of drug-likeness (QED) is 0.342. The van der Waals surface area contributed by atoms with Crippen molar-refractivity contribution in [1.29, 1.82) is 0 Å². The molecule has 0 amide bonds. The second kappa shape index (κ2) is 3.37. The summed E-state index contributed by atoms with van der Waals surface area (Å²) in [5, 5.41) is 0. The number of carbonyl (C=O) groups excluding carboxylic acids is 1. The third-order valence-electron chi connectivity index (χ3n) is 1.91. The summed E-state index contributed by atoms with van der Waals surface area (Å²) in [5.41, 5.74) is 0.571. The molecule has 11 heavy (non-hydrogen) atoms. The molecule has 60 valence electrons. The fourth-order valence-corrected chi connectivity index (χ4v) is 1.21. The van der Waals surface area contributed by atoms with E-state index in [1.165, 1.54) is 7.11 Å².